The van der Waals surface area contributed by atoms with Crippen LogP contribution in [0.25, 0.3) is 0 Å². The monoisotopic (exact) mass is 252 g/mol. The molecule has 18 heavy (non-hydrogen) atoms. The SMILES string of the molecule is CC1NC(C(C)C)N(C2CCC(C)C(C)C2)C1=O. The summed E-state index contributed by atoms with van der Waals surface area (Å²) in [7, 11) is 0. The highest BCUT2D eigenvalue weighted by atomic mass is 16.2. The molecule has 0 aromatic heterocycles. The van der Waals surface area contributed by atoms with E-state index in [1.54, 1.807) is 0 Å². The predicted molar refractivity (Wildman–Crippen MR) is 74.0 cm³/mol. The Bertz CT molecular complexity index is 316. The molecule has 1 aliphatic carbocycles. The largest absolute Gasteiger partial charge is 0.323 e. The van der Waals surface area contributed by atoms with E-state index < -0.39 is 0 Å². The van der Waals surface area contributed by atoms with E-state index >= 15 is 0 Å². The lowest BCUT2D eigenvalue weighted by molar-refractivity contribution is -0.134. The van der Waals surface area contributed by atoms with Crippen LogP contribution in [0.3, 0.4) is 0 Å². The number of nitrogens with one attached hydrogen (secondary N) is 1. The lowest BCUT2D eigenvalue weighted by Gasteiger charge is -2.40. The predicted octanol–water partition coefficient (Wildman–Crippen LogP) is 2.61. The van der Waals surface area contributed by atoms with Crippen molar-refractivity contribution in [3.63, 3.8) is 0 Å². The Labute approximate surface area is 111 Å². The van der Waals surface area contributed by atoms with Crippen LogP contribution in [0.2, 0.25) is 0 Å². The van der Waals surface area contributed by atoms with Gasteiger partial charge in [0.2, 0.25) is 5.91 Å². The van der Waals surface area contributed by atoms with Crippen molar-refractivity contribution in [3.8, 4) is 0 Å². The first kappa shape index (κ1) is 13.9. The number of hydrogen-bond acceptors (Lipinski definition) is 2. The highest BCUT2D eigenvalue weighted by Crippen LogP contribution is 2.35. The third-order valence-electron chi connectivity index (χ3n) is 4.94. The molecule has 1 saturated heterocycles. The Morgan fingerprint density at radius 3 is 2.39 bits per heavy atom. The standard InChI is InChI=1S/C15H28N2O/c1-9(2)14-16-12(5)15(18)17(14)13-7-6-10(3)11(4)8-13/h9-14,16H,6-8H2,1-5H3. The second-order valence-electron chi connectivity index (χ2n) is 6.74. The van der Waals surface area contributed by atoms with Gasteiger partial charge >= 0.3 is 0 Å². The first-order valence-electron chi connectivity index (χ1n) is 7.50. The lowest BCUT2D eigenvalue weighted by Crippen LogP contribution is -2.49. The zero-order valence-electron chi connectivity index (χ0n) is 12.4. The van der Waals surface area contributed by atoms with Gasteiger partial charge in [-0.1, -0.05) is 27.7 Å². The molecule has 1 heterocycles. The second kappa shape index (κ2) is 5.20. The summed E-state index contributed by atoms with van der Waals surface area (Å²) in [5.41, 5.74) is 0. The molecule has 0 spiro atoms. The third-order valence-corrected chi connectivity index (χ3v) is 4.94. The Morgan fingerprint density at radius 2 is 1.83 bits per heavy atom. The summed E-state index contributed by atoms with van der Waals surface area (Å²) in [5, 5.41) is 3.45. The van der Waals surface area contributed by atoms with Gasteiger partial charge in [-0.05, 0) is 43.9 Å². The van der Waals surface area contributed by atoms with Crippen molar-refractivity contribution in [2.45, 2.75) is 72.1 Å². The Kier molecular flexibility index (Phi) is 4.00. The van der Waals surface area contributed by atoms with E-state index in [0.717, 1.165) is 11.8 Å². The molecule has 2 rings (SSSR count). The van der Waals surface area contributed by atoms with Crippen molar-refractivity contribution in [2.24, 2.45) is 17.8 Å². The molecule has 3 nitrogen and oxygen atoms in total. The first-order valence-corrected chi connectivity index (χ1v) is 7.50. The number of carbonyl (C=O) groups is 1. The maximum Gasteiger partial charge on any atom is 0.240 e. The zero-order valence-corrected chi connectivity index (χ0v) is 12.4. The fourth-order valence-corrected chi connectivity index (χ4v) is 3.46. The van der Waals surface area contributed by atoms with Crippen molar-refractivity contribution in [1.82, 2.24) is 10.2 Å². The van der Waals surface area contributed by atoms with Gasteiger partial charge in [0, 0.05) is 6.04 Å². The maximum atomic E-state index is 12.4. The van der Waals surface area contributed by atoms with E-state index in [2.05, 4.69) is 37.9 Å². The van der Waals surface area contributed by atoms with Crippen LogP contribution in [0.1, 0.15) is 53.9 Å². The molecular weight excluding hydrogens is 224 g/mol. The topological polar surface area (TPSA) is 32.3 Å². The highest BCUT2D eigenvalue weighted by Gasteiger charge is 2.43. The molecule has 2 aliphatic rings. The van der Waals surface area contributed by atoms with E-state index in [4.69, 9.17) is 0 Å². The van der Waals surface area contributed by atoms with Crippen LogP contribution in [0, 0.1) is 17.8 Å². The van der Waals surface area contributed by atoms with Crippen molar-refractivity contribution in [3.05, 3.63) is 0 Å². The van der Waals surface area contributed by atoms with Crippen LogP contribution in [0.15, 0.2) is 0 Å². The van der Waals surface area contributed by atoms with Gasteiger partial charge in [0.15, 0.2) is 0 Å². The van der Waals surface area contributed by atoms with Crippen molar-refractivity contribution >= 4 is 5.91 Å². The van der Waals surface area contributed by atoms with Gasteiger partial charge in [0.1, 0.15) is 0 Å². The molecule has 2 fully saturated rings. The van der Waals surface area contributed by atoms with Crippen LogP contribution < -0.4 is 5.32 Å². The molecule has 1 aliphatic heterocycles. The Morgan fingerprint density at radius 1 is 1.17 bits per heavy atom. The molecular formula is C15H28N2O. The molecule has 0 bridgehead atoms. The van der Waals surface area contributed by atoms with Gasteiger partial charge in [-0.25, -0.2) is 0 Å². The van der Waals surface area contributed by atoms with Crippen LogP contribution >= 0.6 is 0 Å². The van der Waals surface area contributed by atoms with Crippen molar-refractivity contribution in [1.29, 1.82) is 0 Å². The molecule has 1 amide bonds. The summed E-state index contributed by atoms with van der Waals surface area (Å²) in [6.07, 6.45) is 3.84. The molecule has 0 aromatic rings. The lowest BCUT2D eigenvalue weighted by atomic mass is 9.78. The quantitative estimate of drug-likeness (QED) is 0.819. The highest BCUT2D eigenvalue weighted by molar-refractivity contribution is 5.84. The second-order valence-corrected chi connectivity index (χ2v) is 6.74. The normalized spacial score (nSPS) is 41.8. The Hall–Kier alpha value is -0.570. The van der Waals surface area contributed by atoms with E-state index in [1.807, 2.05) is 6.92 Å². The average Bonchev–Trinajstić information content (AvgIpc) is 2.60. The third kappa shape index (κ3) is 2.42. The summed E-state index contributed by atoms with van der Waals surface area (Å²) in [6, 6.07) is 0.445. The van der Waals surface area contributed by atoms with Crippen LogP contribution in [0.5, 0.6) is 0 Å². The molecule has 1 saturated carbocycles. The average molecular weight is 252 g/mol. The summed E-state index contributed by atoms with van der Waals surface area (Å²) in [6.45, 7) is 11.1. The summed E-state index contributed by atoms with van der Waals surface area (Å²) < 4.78 is 0. The van der Waals surface area contributed by atoms with Gasteiger partial charge in [-0.15, -0.1) is 0 Å². The molecule has 3 heteroatoms. The maximum absolute atomic E-state index is 12.4. The van der Waals surface area contributed by atoms with E-state index in [0.29, 0.717) is 17.9 Å². The molecule has 5 atom stereocenters. The number of carbonyl (C=O) groups excluding carboxylic acids is 1. The molecule has 0 radical (unpaired) electrons. The van der Waals surface area contributed by atoms with Crippen molar-refractivity contribution < 1.29 is 4.79 Å². The molecule has 1 N–H and O–H groups in total. The van der Waals surface area contributed by atoms with Crippen molar-refractivity contribution in [2.75, 3.05) is 0 Å². The molecule has 104 valence electrons. The Balaban J connectivity index is 2.12. The number of amides is 1. The summed E-state index contributed by atoms with van der Waals surface area (Å²) >= 11 is 0. The first-order chi connectivity index (χ1) is 8.41. The van der Waals surface area contributed by atoms with E-state index in [-0.39, 0.29) is 12.2 Å². The molecule has 0 aromatic carbocycles. The number of rotatable bonds is 2. The van der Waals surface area contributed by atoms with Gasteiger partial charge in [0.25, 0.3) is 0 Å². The number of hydrogen-bond donors (Lipinski definition) is 1. The minimum Gasteiger partial charge on any atom is -0.323 e. The zero-order chi connectivity index (χ0) is 13.4. The summed E-state index contributed by atoms with van der Waals surface area (Å²) in [4.78, 5) is 14.5. The van der Waals surface area contributed by atoms with Crippen LogP contribution in [-0.4, -0.2) is 29.1 Å². The summed E-state index contributed by atoms with van der Waals surface area (Å²) in [5.74, 6) is 2.33. The van der Waals surface area contributed by atoms with E-state index in [1.165, 1.54) is 19.3 Å². The van der Waals surface area contributed by atoms with E-state index in [9.17, 15) is 4.79 Å². The fourth-order valence-electron chi connectivity index (χ4n) is 3.46. The van der Waals surface area contributed by atoms with Gasteiger partial charge in [0.05, 0.1) is 12.2 Å². The molecule has 5 unspecified atom stereocenters. The van der Waals surface area contributed by atoms with Gasteiger partial charge < -0.3 is 4.90 Å². The fraction of sp³-hybridized carbons (Fsp3) is 0.933. The minimum absolute atomic E-state index is 0.00736. The van der Waals surface area contributed by atoms with Crippen LogP contribution in [0.4, 0.5) is 0 Å². The minimum atomic E-state index is -0.00736. The van der Waals surface area contributed by atoms with Crippen LogP contribution in [-0.2, 0) is 4.79 Å². The number of nitrogens with zero attached hydrogens (tertiary/aromatic N) is 1. The van der Waals surface area contributed by atoms with Gasteiger partial charge in [-0.3, -0.25) is 10.1 Å². The smallest absolute Gasteiger partial charge is 0.240 e. The van der Waals surface area contributed by atoms with Gasteiger partial charge in [-0.2, -0.15) is 0 Å².